The summed E-state index contributed by atoms with van der Waals surface area (Å²) >= 11 is 0. The monoisotopic (exact) mass is 367 g/mol. The van der Waals surface area contributed by atoms with E-state index in [-0.39, 0.29) is 17.1 Å². The molecule has 1 aromatic heterocycles. The van der Waals surface area contributed by atoms with Crippen molar-refractivity contribution in [3.63, 3.8) is 0 Å². The molecule has 0 aliphatic carbocycles. The number of aromatic nitrogens is 2. The zero-order valence-electron chi connectivity index (χ0n) is 14.7. The minimum Gasteiger partial charge on any atom is -0.457 e. The highest BCUT2D eigenvalue weighted by Gasteiger charge is 2.10. The van der Waals surface area contributed by atoms with Crippen LogP contribution in [0.25, 0.3) is 0 Å². The number of carbonyl (C=O) groups is 1. The lowest BCUT2D eigenvalue weighted by Crippen LogP contribution is -2.26. The standard InChI is InChI=1S/C20H18FN3O3/c1-2-12-24-19(25)11-10-18(23-24)20(26)22-15-6-8-16(9-7-15)27-17-5-3-4-14(21)13-17/h3-11,13H,2,12H2,1H3,(H,22,26). The van der Waals surface area contributed by atoms with E-state index >= 15 is 0 Å². The first-order chi connectivity index (χ1) is 13.0. The van der Waals surface area contributed by atoms with Gasteiger partial charge in [-0.2, -0.15) is 5.10 Å². The average molecular weight is 367 g/mol. The molecule has 3 rings (SSSR count). The molecule has 0 radical (unpaired) electrons. The van der Waals surface area contributed by atoms with Gasteiger partial charge in [0.2, 0.25) is 0 Å². The number of amides is 1. The summed E-state index contributed by atoms with van der Waals surface area (Å²) < 4.78 is 20.0. The maximum atomic E-state index is 13.2. The fraction of sp³-hybridized carbons (Fsp3) is 0.150. The highest BCUT2D eigenvalue weighted by molar-refractivity contribution is 6.02. The molecule has 0 bridgehead atoms. The molecule has 0 spiro atoms. The summed E-state index contributed by atoms with van der Waals surface area (Å²) in [7, 11) is 0. The molecular weight excluding hydrogens is 349 g/mol. The summed E-state index contributed by atoms with van der Waals surface area (Å²) in [5.41, 5.74) is 0.456. The van der Waals surface area contributed by atoms with Gasteiger partial charge in [-0.1, -0.05) is 13.0 Å². The number of carbonyl (C=O) groups excluding carboxylic acids is 1. The van der Waals surface area contributed by atoms with Crippen LogP contribution >= 0.6 is 0 Å². The minimum atomic E-state index is -0.418. The van der Waals surface area contributed by atoms with E-state index in [1.54, 1.807) is 36.4 Å². The Balaban J connectivity index is 1.68. The minimum absolute atomic E-state index is 0.156. The highest BCUT2D eigenvalue weighted by atomic mass is 19.1. The SMILES string of the molecule is CCCn1nc(C(=O)Nc2ccc(Oc3cccc(F)c3)cc2)ccc1=O. The van der Waals surface area contributed by atoms with Gasteiger partial charge in [-0.3, -0.25) is 9.59 Å². The molecular formula is C20H18FN3O3. The molecule has 6 nitrogen and oxygen atoms in total. The quantitative estimate of drug-likeness (QED) is 0.718. The third kappa shape index (κ3) is 4.78. The van der Waals surface area contributed by atoms with Crippen LogP contribution in [0.15, 0.2) is 65.5 Å². The number of rotatable bonds is 6. The number of halogens is 1. The van der Waals surface area contributed by atoms with Gasteiger partial charge in [0.1, 0.15) is 23.0 Å². The van der Waals surface area contributed by atoms with Gasteiger partial charge >= 0.3 is 0 Å². The van der Waals surface area contributed by atoms with Crippen LogP contribution < -0.4 is 15.6 Å². The lowest BCUT2D eigenvalue weighted by atomic mass is 10.2. The van der Waals surface area contributed by atoms with Crippen molar-refractivity contribution in [2.75, 3.05) is 5.32 Å². The van der Waals surface area contributed by atoms with Crippen molar-refractivity contribution in [3.05, 3.63) is 82.5 Å². The van der Waals surface area contributed by atoms with Crippen molar-refractivity contribution < 1.29 is 13.9 Å². The largest absolute Gasteiger partial charge is 0.457 e. The molecule has 0 atom stereocenters. The van der Waals surface area contributed by atoms with E-state index < -0.39 is 5.91 Å². The van der Waals surface area contributed by atoms with E-state index in [9.17, 15) is 14.0 Å². The van der Waals surface area contributed by atoms with E-state index in [0.717, 1.165) is 6.42 Å². The zero-order chi connectivity index (χ0) is 19.2. The van der Waals surface area contributed by atoms with Gasteiger partial charge < -0.3 is 10.1 Å². The van der Waals surface area contributed by atoms with Gasteiger partial charge in [0.25, 0.3) is 11.5 Å². The molecule has 2 aromatic carbocycles. The molecule has 3 aromatic rings. The maximum Gasteiger partial charge on any atom is 0.276 e. The van der Waals surface area contributed by atoms with Crippen molar-refractivity contribution in [2.45, 2.75) is 19.9 Å². The molecule has 27 heavy (non-hydrogen) atoms. The number of anilines is 1. The lowest BCUT2D eigenvalue weighted by molar-refractivity contribution is 0.101. The molecule has 1 N–H and O–H groups in total. The van der Waals surface area contributed by atoms with Gasteiger partial charge in [0, 0.05) is 24.4 Å². The molecule has 0 saturated heterocycles. The summed E-state index contributed by atoms with van der Waals surface area (Å²) in [6.07, 6.45) is 0.741. The Morgan fingerprint density at radius 2 is 1.89 bits per heavy atom. The zero-order valence-corrected chi connectivity index (χ0v) is 14.7. The topological polar surface area (TPSA) is 73.2 Å². The predicted molar refractivity (Wildman–Crippen MR) is 99.7 cm³/mol. The lowest BCUT2D eigenvalue weighted by Gasteiger charge is -2.09. The van der Waals surface area contributed by atoms with Crippen LogP contribution in [0.4, 0.5) is 10.1 Å². The second-order valence-corrected chi connectivity index (χ2v) is 5.82. The van der Waals surface area contributed by atoms with E-state index in [1.807, 2.05) is 6.92 Å². The number of nitrogens with one attached hydrogen (secondary N) is 1. The number of aryl methyl sites for hydroxylation is 1. The summed E-state index contributed by atoms with van der Waals surface area (Å²) in [4.78, 5) is 24.0. The van der Waals surface area contributed by atoms with Crippen molar-refractivity contribution in [3.8, 4) is 11.5 Å². The van der Waals surface area contributed by atoms with Crippen LogP contribution in [0, 0.1) is 5.82 Å². The molecule has 7 heteroatoms. The van der Waals surface area contributed by atoms with Gasteiger partial charge in [-0.25, -0.2) is 9.07 Å². The second kappa shape index (κ2) is 8.27. The Morgan fingerprint density at radius 1 is 1.11 bits per heavy atom. The first-order valence-electron chi connectivity index (χ1n) is 8.48. The second-order valence-electron chi connectivity index (χ2n) is 5.82. The van der Waals surface area contributed by atoms with E-state index in [1.165, 1.54) is 28.9 Å². The first kappa shape index (κ1) is 18.3. The average Bonchev–Trinajstić information content (AvgIpc) is 2.65. The number of benzene rings is 2. The summed E-state index contributed by atoms with van der Waals surface area (Å²) in [5, 5.41) is 6.79. The smallest absolute Gasteiger partial charge is 0.276 e. The number of hydrogen-bond acceptors (Lipinski definition) is 4. The van der Waals surface area contributed by atoms with Crippen molar-refractivity contribution >= 4 is 11.6 Å². The molecule has 0 saturated carbocycles. The summed E-state index contributed by atoms with van der Waals surface area (Å²) in [6.45, 7) is 2.38. The fourth-order valence-corrected chi connectivity index (χ4v) is 2.41. The van der Waals surface area contributed by atoms with Crippen LogP contribution in [0.3, 0.4) is 0 Å². The first-order valence-corrected chi connectivity index (χ1v) is 8.48. The Bertz CT molecular complexity index is 1000. The fourth-order valence-electron chi connectivity index (χ4n) is 2.41. The molecule has 0 unspecified atom stereocenters. The van der Waals surface area contributed by atoms with Crippen molar-refractivity contribution in [1.82, 2.24) is 9.78 Å². The van der Waals surface area contributed by atoms with Crippen molar-refractivity contribution in [2.24, 2.45) is 0 Å². The van der Waals surface area contributed by atoms with E-state index in [0.29, 0.717) is 23.7 Å². The third-order valence-electron chi connectivity index (χ3n) is 3.68. The molecule has 1 heterocycles. The van der Waals surface area contributed by atoms with E-state index in [4.69, 9.17) is 4.74 Å². The maximum absolute atomic E-state index is 13.2. The van der Waals surface area contributed by atoms with Crippen LogP contribution in [0.2, 0.25) is 0 Å². The highest BCUT2D eigenvalue weighted by Crippen LogP contribution is 2.23. The Morgan fingerprint density at radius 3 is 2.59 bits per heavy atom. The summed E-state index contributed by atoms with van der Waals surface area (Å²) in [6, 6.07) is 15.2. The van der Waals surface area contributed by atoms with Gasteiger partial charge in [-0.15, -0.1) is 0 Å². The van der Waals surface area contributed by atoms with Crippen LogP contribution in [-0.4, -0.2) is 15.7 Å². The van der Waals surface area contributed by atoms with Crippen LogP contribution in [-0.2, 0) is 6.54 Å². The summed E-state index contributed by atoms with van der Waals surface area (Å²) in [5.74, 6) is 0.0920. The molecule has 0 fully saturated rings. The molecule has 0 aliphatic rings. The van der Waals surface area contributed by atoms with Gasteiger partial charge in [0.05, 0.1) is 0 Å². The Hall–Kier alpha value is -3.48. The molecule has 1 amide bonds. The van der Waals surface area contributed by atoms with Crippen LogP contribution in [0.1, 0.15) is 23.8 Å². The normalized spacial score (nSPS) is 10.4. The molecule has 138 valence electrons. The van der Waals surface area contributed by atoms with E-state index in [2.05, 4.69) is 10.4 Å². The number of hydrogen-bond donors (Lipinski definition) is 1. The Kier molecular flexibility index (Phi) is 5.61. The number of nitrogens with zero attached hydrogens (tertiary/aromatic N) is 2. The van der Waals surface area contributed by atoms with Gasteiger partial charge in [-0.05, 0) is 48.9 Å². The van der Waals surface area contributed by atoms with Gasteiger partial charge in [0.15, 0.2) is 0 Å². The third-order valence-corrected chi connectivity index (χ3v) is 3.68. The number of ether oxygens (including phenoxy) is 1. The van der Waals surface area contributed by atoms with Crippen LogP contribution in [0.5, 0.6) is 11.5 Å². The Labute approximate surface area is 155 Å². The molecule has 0 aliphatic heterocycles. The predicted octanol–water partition coefficient (Wildman–Crippen LogP) is 3.84. The van der Waals surface area contributed by atoms with Crippen molar-refractivity contribution in [1.29, 1.82) is 0 Å².